The summed E-state index contributed by atoms with van der Waals surface area (Å²) in [7, 11) is 0. The van der Waals surface area contributed by atoms with E-state index in [0.29, 0.717) is 36.2 Å². The lowest BCUT2D eigenvalue weighted by Gasteiger charge is -2.22. The lowest BCUT2D eigenvalue weighted by molar-refractivity contribution is 0.188. The number of aliphatic hydroxyl groups excluding tert-OH is 1. The van der Waals surface area contributed by atoms with Crippen LogP contribution in [-0.4, -0.2) is 42.3 Å². The highest BCUT2D eigenvalue weighted by molar-refractivity contribution is 6.30. The molecule has 5 nitrogen and oxygen atoms in total. The topological polar surface area (TPSA) is 61.8 Å². The van der Waals surface area contributed by atoms with E-state index >= 15 is 0 Å². The maximum absolute atomic E-state index is 12.1. The van der Waals surface area contributed by atoms with Crippen LogP contribution in [0.2, 0.25) is 5.02 Å². The molecule has 1 aromatic carbocycles. The highest BCUT2D eigenvalue weighted by Crippen LogP contribution is 2.28. The summed E-state index contributed by atoms with van der Waals surface area (Å²) in [6.45, 7) is 5.15. The van der Waals surface area contributed by atoms with Gasteiger partial charge in [-0.15, -0.1) is 0 Å². The second kappa shape index (κ2) is 8.66. The molecule has 1 aromatic rings. The van der Waals surface area contributed by atoms with Crippen LogP contribution in [0.1, 0.15) is 20.3 Å². The molecule has 0 heterocycles. The van der Waals surface area contributed by atoms with E-state index in [9.17, 15) is 4.79 Å². The Morgan fingerprint density at radius 1 is 1.40 bits per heavy atom. The summed E-state index contributed by atoms with van der Waals surface area (Å²) in [6, 6.07) is 4.80. The zero-order chi connectivity index (χ0) is 15.0. The smallest absolute Gasteiger partial charge is 0.322 e. The molecule has 0 aliphatic rings. The number of ether oxygens (including phenoxy) is 1. The first-order valence-electron chi connectivity index (χ1n) is 6.71. The minimum atomic E-state index is -0.260. The van der Waals surface area contributed by atoms with Crippen molar-refractivity contribution in [2.24, 2.45) is 0 Å². The van der Waals surface area contributed by atoms with E-state index in [0.717, 1.165) is 6.42 Å². The maximum Gasteiger partial charge on any atom is 0.322 e. The molecule has 1 rings (SSSR count). The van der Waals surface area contributed by atoms with Gasteiger partial charge in [-0.1, -0.05) is 18.5 Å². The Hall–Kier alpha value is -1.46. The van der Waals surface area contributed by atoms with Crippen LogP contribution in [0.15, 0.2) is 18.2 Å². The maximum atomic E-state index is 12.1. The minimum absolute atomic E-state index is 0.0631. The molecule has 2 N–H and O–H groups in total. The Morgan fingerprint density at radius 3 is 2.75 bits per heavy atom. The van der Waals surface area contributed by atoms with Gasteiger partial charge in [-0.25, -0.2) is 4.79 Å². The van der Waals surface area contributed by atoms with E-state index < -0.39 is 0 Å². The largest absolute Gasteiger partial charge is 0.492 e. The molecule has 0 radical (unpaired) electrons. The number of halogens is 1. The summed E-state index contributed by atoms with van der Waals surface area (Å²) in [4.78, 5) is 13.7. The Balaban J connectivity index is 2.82. The third-order valence-electron chi connectivity index (χ3n) is 2.64. The molecule has 0 fully saturated rings. The van der Waals surface area contributed by atoms with Gasteiger partial charge in [0.1, 0.15) is 5.75 Å². The van der Waals surface area contributed by atoms with Gasteiger partial charge in [0.05, 0.1) is 18.9 Å². The van der Waals surface area contributed by atoms with Crippen molar-refractivity contribution in [1.29, 1.82) is 0 Å². The number of urea groups is 1. The van der Waals surface area contributed by atoms with Crippen LogP contribution < -0.4 is 10.1 Å². The van der Waals surface area contributed by atoms with E-state index in [2.05, 4.69) is 5.32 Å². The van der Waals surface area contributed by atoms with E-state index in [1.165, 1.54) is 0 Å². The van der Waals surface area contributed by atoms with Crippen molar-refractivity contribution in [3.63, 3.8) is 0 Å². The average Bonchev–Trinajstić information content (AvgIpc) is 2.42. The molecule has 0 bridgehead atoms. The number of nitrogens with one attached hydrogen (secondary N) is 1. The van der Waals surface area contributed by atoms with Gasteiger partial charge < -0.3 is 20.1 Å². The third-order valence-corrected chi connectivity index (χ3v) is 2.87. The van der Waals surface area contributed by atoms with Crippen LogP contribution in [-0.2, 0) is 0 Å². The summed E-state index contributed by atoms with van der Waals surface area (Å²) < 4.78 is 5.45. The van der Waals surface area contributed by atoms with Gasteiger partial charge in [0, 0.05) is 24.2 Å². The summed E-state index contributed by atoms with van der Waals surface area (Å²) >= 11 is 5.91. The van der Waals surface area contributed by atoms with E-state index in [-0.39, 0.29) is 12.6 Å². The highest BCUT2D eigenvalue weighted by atomic mass is 35.5. The van der Waals surface area contributed by atoms with Crippen LogP contribution in [0.3, 0.4) is 0 Å². The van der Waals surface area contributed by atoms with Crippen LogP contribution in [0.25, 0.3) is 0 Å². The quantitative estimate of drug-likeness (QED) is 0.814. The molecular weight excluding hydrogens is 280 g/mol. The molecule has 0 unspecified atom stereocenters. The normalized spacial score (nSPS) is 10.2. The summed E-state index contributed by atoms with van der Waals surface area (Å²) in [5.74, 6) is 0.536. The van der Waals surface area contributed by atoms with Gasteiger partial charge in [-0.2, -0.15) is 0 Å². The fourth-order valence-corrected chi connectivity index (χ4v) is 1.94. The number of benzene rings is 1. The van der Waals surface area contributed by atoms with Gasteiger partial charge in [-0.3, -0.25) is 0 Å². The molecule has 112 valence electrons. The summed E-state index contributed by atoms with van der Waals surface area (Å²) in [5, 5.41) is 12.3. The number of hydrogen-bond acceptors (Lipinski definition) is 3. The third kappa shape index (κ3) is 4.90. The van der Waals surface area contributed by atoms with Crippen LogP contribution >= 0.6 is 11.6 Å². The van der Waals surface area contributed by atoms with Crippen molar-refractivity contribution >= 4 is 23.3 Å². The van der Waals surface area contributed by atoms with Gasteiger partial charge in [0.2, 0.25) is 0 Å². The van der Waals surface area contributed by atoms with E-state index in [1.54, 1.807) is 23.1 Å². The standard InChI is InChI=1S/C14H21ClN2O3/c1-3-7-17(8-9-18)14(19)16-12-6-5-11(15)10-13(12)20-4-2/h5-6,10,18H,3-4,7-9H2,1-2H3,(H,16,19). The molecule has 0 aliphatic heterocycles. The molecule has 0 spiro atoms. The molecular formula is C14H21ClN2O3. The SMILES string of the molecule is CCCN(CCO)C(=O)Nc1ccc(Cl)cc1OCC. The Bertz CT molecular complexity index is 434. The van der Waals surface area contributed by atoms with Gasteiger partial charge in [0.25, 0.3) is 0 Å². The first-order chi connectivity index (χ1) is 9.62. The van der Waals surface area contributed by atoms with Crippen LogP contribution in [0, 0.1) is 0 Å². The number of aliphatic hydroxyl groups is 1. The average molecular weight is 301 g/mol. The van der Waals surface area contributed by atoms with E-state index in [4.69, 9.17) is 21.4 Å². The highest BCUT2D eigenvalue weighted by Gasteiger charge is 2.14. The predicted molar refractivity (Wildman–Crippen MR) is 80.6 cm³/mol. The van der Waals surface area contributed by atoms with Crippen LogP contribution in [0.4, 0.5) is 10.5 Å². The van der Waals surface area contributed by atoms with Crippen molar-refractivity contribution in [1.82, 2.24) is 4.90 Å². The summed E-state index contributed by atoms with van der Waals surface area (Å²) in [5.41, 5.74) is 0.570. The van der Waals surface area contributed by atoms with Crippen molar-refractivity contribution in [2.75, 3.05) is 31.6 Å². The molecule has 6 heteroatoms. The fraction of sp³-hybridized carbons (Fsp3) is 0.500. The number of nitrogens with zero attached hydrogens (tertiary/aromatic N) is 1. The second-order valence-corrected chi connectivity index (χ2v) is 4.65. The van der Waals surface area contributed by atoms with Crippen molar-refractivity contribution in [2.45, 2.75) is 20.3 Å². The number of carbonyl (C=O) groups is 1. The number of hydrogen-bond donors (Lipinski definition) is 2. The first-order valence-corrected chi connectivity index (χ1v) is 7.09. The van der Waals surface area contributed by atoms with Crippen molar-refractivity contribution < 1.29 is 14.6 Å². The fourth-order valence-electron chi connectivity index (χ4n) is 1.77. The Labute approximate surface area is 124 Å². The van der Waals surface area contributed by atoms with Crippen LogP contribution in [0.5, 0.6) is 5.75 Å². The zero-order valence-corrected chi connectivity index (χ0v) is 12.6. The van der Waals surface area contributed by atoms with Gasteiger partial charge in [0.15, 0.2) is 0 Å². The van der Waals surface area contributed by atoms with Gasteiger partial charge >= 0.3 is 6.03 Å². The lowest BCUT2D eigenvalue weighted by Crippen LogP contribution is -2.37. The molecule has 0 saturated carbocycles. The molecule has 0 aromatic heterocycles. The number of amides is 2. The lowest BCUT2D eigenvalue weighted by atomic mass is 10.3. The number of carbonyl (C=O) groups excluding carboxylic acids is 1. The van der Waals surface area contributed by atoms with Crippen molar-refractivity contribution in [3.05, 3.63) is 23.2 Å². The summed E-state index contributed by atoms with van der Waals surface area (Å²) in [6.07, 6.45) is 0.826. The minimum Gasteiger partial charge on any atom is -0.492 e. The van der Waals surface area contributed by atoms with E-state index in [1.807, 2.05) is 13.8 Å². The number of anilines is 1. The molecule has 0 aliphatic carbocycles. The first kappa shape index (κ1) is 16.6. The molecule has 0 atom stereocenters. The van der Waals surface area contributed by atoms with Crippen molar-refractivity contribution in [3.8, 4) is 5.75 Å². The zero-order valence-electron chi connectivity index (χ0n) is 11.9. The number of rotatable bonds is 7. The molecule has 20 heavy (non-hydrogen) atoms. The second-order valence-electron chi connectivity index (χ2n) is 4.21. The monoisotopic (exact) mass is 300 g/mol. The molecule has 2 amide bonds. The Morgan fingerprint density at radius 2 is 2.15 bits per heavy atom. The Kier molecular flexibility index (Phi) is 7.18. The molecule has 0 saturated heterocycles. The predicted octanol–water partition coefficient (Wildman–Crippen LogP) is 2.97. The van der Waals surface area contributed by atoms with Gasteiger partial charge in [-0.05, 0) is 25.5 Å².